The zero-order valence-electron chi connectivity index (χ0n) is 9.85. The Balaban J connectivity index is 1.92. The van der Waals surface area contributed by atoms with Crippen LogP contribution in [0.25, 0.3) is 0 Å². The van der Waals surface area contributed by atoms with Crippen LogP contribution in [-0.4, -0.2) is 66.3 Å². The molecule has 2 heterocycles. The molecule has 0 aromatic rings. The number of aliphatic hydroxyl groups is 1. The molecule has 0 spiro atoms. The zero-order chi connectivity index (χ0) is 11.5. The number of β-amino-alcohol motifs (C(OH)–C–C–N with tert-alkyl or cyclic N) is 1. The van der Waals surface area contributed by atoms with Gasteiger partial charge in [0.15, 0.2) is 0 Å². The van der Waals surface area contributed by atoms with Crippen LogP contribution in [0.4, 0.5) is 4.79 Å². The van der Waals surface area contributed by atoms with Crippen molar-refractivity contribution in [3.05, 3.63) is 0 Å². The summed E-state index contributed by atoms with van der Waals surface area (Å²) < 4.78 is 0. The third-order valence-corrected chi connectivity index (χ3v) is 3.58. The van der Waals surface area contributed by atoms with E-state index in [1.165, 1.54) is 6.42 Å². The van der Waals surface area contributed by atoms with Crippen molar-refractivity contribution in [2.45, 2.75) is 31.4 Å². The smallest absolute Gasteiger partial charge is 0.320 e. The van der Waals surface area contributed by atoms with E-state index >= 15 is 0 Å². The van der Waals surface area contributed by atoms with Crippen molar-refractivity contribution in [3.63, 3.8) is 0 Å². The summed E-state index contributed by atoms with van der Waals surface area (Å²) in [6.45, 7) is 3.00. The van der Waals surface area contributed by atoms with Crippen molar-refractivity contribution in [1.29, 1.82) is 0 Å². The average Bonchev–Trinajstić information content (AvgIpc) is 2.75. The molecular formula is C11H21N3O2. The molecule has 2 atom stereocenters. The number of hydrogen-bond acceptors (Lipinski definition) is 3. The minimum Gasteiger partial charge on any atom is -0.390 e. The summed E-state index contributed by atoms with van der Waals surface area (Å²) >= 11 is 0. The summed E-state index contributed by atoms with van der Waals surface area (Å²) in [6.07, 6.45) is 3.00. The Labute approximate surface area is 96.4 Å². The van der Waals surface area contributed by atoms with Crippen LogP contribution >= 0.6 is 0 Å². The number of aliphatic hydroxyl groups excluding tert-OH is 1. The third kappa shape index (κ3) is 2.30. The Morgan fingerprint density at radius 2 is 2.00 bits per heavy atom. The molecule has 2 aliphatic heterocycles. The Morgan fingerprint density at radius 3 is 2.56 bits per heavy atom. The normalized spacial score (nSPS) is 30.5. The minimum atomic E-state index is -0.432. The predicted molar refractivity (Wildman–Crippen MR) is 61.2 cm³/mol. The lowest BCUT2D eigenvalue weighted by atomic mass is 10.1. The number of hydrogen-bond donors (Lipinski definition) is 2. The highest BCUT2D eigenvalue weighted by Gasteiger charge is 2.33. The predicted octanol–water partition coefficient (Wildman–Crippen LogP) is -0.143. The fraction of sp³-hybridized carbons (Fsp3) is 0.909. The van der Waals surface area contributed by atoms with Crippen LogP contribution in [0.2, 0.25) is 0 Å². The van der Waals surface area contributed by atoms with Crippen molar-refractivity contribution < 1.29 is 9.90 Å². The molecule has 0 aromatic carbocycles. The molecule has 2 fully saturated rings. The van der Waals surface area contributed by atoms with Gasteiger partial charge >= 0.3 is 6.03 Å². The molecule has 0 aliphatic carbocycles. The van der Waals surface area contributed by atoms with Gasteiger partial charge in [0.05, 0.1) is 12.1 Å². The molecule has 0 saturated carbocycles. The number of rotatable bonds is 1. The fourth-order valence-electron chi connectivity index (χ4n) is 2.50. The van der Waals surface area contributed by atoms with E-state index in [2.05, 4.69) is 5.32 Å². The first-order valence-corrected chi connectivity index (χ1v) is 6.10. The molecule has 2 N–H and O–H groups in total. The maximum atomic E-state index is 12.1. The van der Waals surface area contributed by atoms with Crippen molar-refractivity contribution in [2.24, 2.45) is 0 Å². The van der Waals surface area contributed by atoms with Gasteiger partial charge in [-0.25, -0.2) is 4.79 Å². The second-order valence-corrected chi connectivity index (χ2v) is 4.73. The SMILES string of the molecule is CN(C(=O)N1CCCCC1)[C@@H]1CNC[C@H]1O. The number of carbonyl (C=O) groups is 1. The topological polar surface area (TPSA) is 55.8 Å². The first-order valence-electron chi connectivity index (χ1n) is 6.10. The van der Waals surface area contributed by atoms with Gasteiger partial charge in [-0.05, 0) is 19.3 Å². The molecule has 5 heteroatoms. The van der Waals surface area contributed by atoms with Crippen LogP contribution in [0.5, 0.6) is 0 Å². The van der Waals surface area contributed by atoms with E-state index in [0.717, 1.165) is 25.9 Å². The molecule has 0 aromatic heterocycles. The van der Waals surface area contributed by atoms with Gasteiger partial charge in [-0.1, -0.05) is 0 Å². The molecule has 2 aliphatic rings. The summed E-state index contributed by atoms with van der Waals surface area (Å²) in [7, 11) is 1.79. The van der Waals surface area contributed by atoms with Crippen LogP contribution in [0.3, 0.4) is 0 Å². The summed E-state index contributed by atoms with van der Waals surface area (Å²) in [5.74, 6) is 0. The first kappa shape index (κ1) is 11.7. The lowest BCUT2D eigenvalue weighted by molar-refractivity contribution is 0.0896. The van der Waals surface area contributed by atoms with Crippen LogP contribution in [0.1, 0.15) is 19.3 Å². The summed E-state index contributed by atoms with van der Waals surface area (Å²) in [5, 5.41) is 12.8. The van der Waals surface area contributed by atoms with Crippen molar-refractivity contribution >= 4 is 6.03 Å². The van der Waals surface area contributed by atoms with Crippen LogP contribution < -0.4 is 5.32 Å². The highest BCUT2D eigenvalue weighted by molar-refractivity contribution is 5.74. The summed E-state index contributed by atoms with van der Waals surface area (Å²) in [6, 6.07) is -0.0122. The van der Waals surface area contributed by atoms with Crippen molar-refractivity contribution in [1.82, 2.24) is 15.1 Å². The summed E-state index contributed by atoms with van der Waals surface area (Å²) in [4.78, 5) is 15.7. The quantitative estimate of drug-likeness (QED) is 0.655. The number of carbonyl (C=O) groups excluding carboxylic acids is 1. The lowest BCUT2D eigenvalue weighted by Gasteiger charge is -2.34. The largest absolute Gasteiger partial charge is 0.390 e. The molecule has 0 bridgehead atoms. The number of likely N-dealkylation sites (tertiary alicyclic amines) is 1. The molecule has 5 nitrogen and oxygen atoms in total. The van der Waals surface area contributed by atoms with Crippen molar-refractivity contribution in [3.8, 4) is 0 Å². The third-order valence-electron chi connectivity index (χ3n) is 3.58. The maximum absolute atomic E-state index is 12.1. The molecule has 2 rings (SSSR count). The molecule has 2 amide bonds. The van der Waals surface area contributed by atoms with Crippen LogP contribution in [0.15, 0.2) is 0 Å². The van der Waals surface area contributed by atoms with E-state index in [1.54, 1.807) is 11.9 Å². The number of urea groups is 1. The monoisotopic (exact) mass is 227 g/mol. The van der Waals surface area contributed by atoms with Crippen LogP contribution in [0, 0.1) is 0 Å². The average molecular weight is 227 g/mol. The van der Waals surface area contributed by atoms with E-state index in [0.29, 0.717) is 13.1 Å². The van der Waals surface area contributed by atoms with Gasteiger partial charge in [0, 0.05) is 33.2 Å². The second-order valence-electron chi connectivity index (χ2n) is 4.73. The molecular weight excluding hydrogens is 206 g/mol. The highest BCUT2D eigenvalue weighted by Crippen LogP contribution is 2.14. The number of nitrogens with one attached hydrogen (secondary N) is 1. The van der Waals surface area contributed by atoms with E-state index in [9.17, 15) is 9.90 Å². The minimum absolute atomic E-state index is 0.0625. The fourth-order valence-corrected chi connectivity index (χ4v) is 2.50. The Bertz CT molecular complexity index is 254. The standard InChI is InChI=1S/C11H21N3O2/c1-13(9-7-12-8-10(9)15)11(16)14-5-3-2-4-6-14/h9-10,12,15H,2-8H2,1H3/t9-,10-/m1/s1. The first-order chi connectivity index (χ1) is 7.70. The van der Waals surface area contributed by atoms with E-state index in [1.807, 2.05) is 4.90 Å². The Morgan fingerprint density at radius 1 is 1.31 bits per heavy atom. The molecule has 0 unspecified atom stereocenters. The second kappa shape index (κ2) is 5.01. The van der Waals surface area contributed by atoms with Crippen LogP contribution in [-0.2, 0) is 0 Å². The molecule has 2 saturated heterocycles. The zero-order valence-corrected chi connectivity index (χ0v) is 9.85. The van der Waals surface area contributed by atoms with E-state index < -0.39 is 6.10 Å². The Kier molecular flexibility index (Phi) is 3.66. The molecule has 92 valence electrons. The molecule has 0 radical (unpaired) electrons. The Hall–Kier alpha value is -0.810. The lowest BCUT2D eigenvalue weighted by Crippen LogP contribution is -2.51. The molecule has 16 heavy (non-hydrogen) atoms. The van der Waals surface area contributed by atoms with Gasteiger partial charge in [0.2, 0.25) is 0 Å². The number of likely N-dealkylation sites (N-methyl/N-ethyl adjacent to an activating group) is 1. The van der Waals surface area contributed by atoms with Gasteiger partial charge in [-0.15, -0.1) is 0 Å². The van der Waals surface area contributed by atoms with Gasteiger partial charge in [0.25, 0.3) is 0 Å². The van der Waals surface area contributed by atoms with Gasteiger partial charge in [-0.2, -0.15) is 0 Å². The summed E-state index contributed by atoms with van der Waals surface area (Å²) in [5.41, 5.74) is 0. The number of amides is 2. The number of nitrogens with zero attached hydrogens (tertiary/aromatic N) is 2. The van der Waals surface area contributed by atoms with E-state index in [-0.39, 0.29) is 12.1 Å². The van der Waals surface area contributed by atoms with Gasteiger partial charge in [0.1, 0.15) is 0 Å². The number of piperidine rings is 1. The highest BCUT2D eigenvalue weighted by atomic mass is 16.3. The van der Waals surface area contributed by atoms with E-state index in [4.69, 9.17) is 0 Å². The maximum Gasteiger partial charge on any atom is 0.320 e. The van der Waals surface area contributed by atoms with Gasteiger partial charge in [-0.3, -0.25) is 0 Å². The van der Waals surface area contributed by atoms with Gasteiger partial charge < -0.3 is 20.2 Å². The van der Waals surface area contributed by atoms with Crippen molar-refractivity contribution in [2.75, 3.05) is 33.2 Å².